The molecule has 2 aliphatic heterocycles. The van der Waals surface area contributed by atoms with Crippen molar-refractivity contribution in [2.45, 2.75) is 44.3 Å². The van der Waals surface area contributed by atoms with E-state index in [1.165, 1.54) is 41.2 Å². The van der Waals surface area contributed by atoms with Gasteiger partial charge in [0.15, 0.2) is 11.5 Å². The van der Waals surface area contributed by atoms with Crippen LogP contribution in [0.3, 0.4) is 0 Å². The van der Waals surface area contributed by atoms with Crippen molar-refractivity contribution in [3.63, 3.8) is 0 Å². The van der Waals surface area contributed by atoms with Gasteiger partial charge in [-0.2, -0.15) is 0 Å². The molecule has 188 valence electrons. The van der Waals surface area contributed by atoms with Gasteiger partial charge in [0.1, 0.15) is 24.2 Å². The number of likely N-dealkylation sites (tertiary alicyclic amines) is 1. The number of fused-ring (bicyclic) bond motifs is 2. The minimum Gasteiger partial charge on any atom is -0.491 e. The number of aromatic nitrogens is 4. The Hall–Kier alpha value is -2.88. The fraction of sp³-hybridized carbons (Fsp3) is 0.444. The molecule has 0 bridgehead atoms. The van der Waals surface area contributed by atoms with Crippen molar-refractivity contribution in [1.82, 2.24) is 24.8 Å². The van der Waals surface area contributed by atoms with E-state index in [-0.39, 0.29) is 6.04 Å². The van der Waals surface area contributed by atoms with Crippen LogP contribution in [-0.2, 0) is 10.7 Å². The molecule has 2 aromatic heterocycles. The SMILES string of the molecule is CSOC[C@H]1CCCN1Cc1ccc(OC[C@H]2CCCN2c2ncnc3[nH]cnc23)c2ccccc12. The molecule has 2 atom stereocenters. The number of imidazole rings is 1. The molecule has 2 saturated heterocycles. The summed E-state index contributed by atoms with van der Waals surface area (Å²) in [6.45, 7) is 4.41. The van der Waals surface area contributed by atoms with Crippen LogP contribution in [0.25, 0.3) is 21.9 Å². The van der Waals surface area contributed by atoms with Crippen LogP contribution in [0.5, 0.6) is 5.75 Å². The first-order valence-corrected chi connectivity index (χ1v) is 13.9. The third-order valence-electron chi connectivity index (χ3n) is 7.50. The van der Waals surface area contributed by atoms with Crippen molar-refractivity contribution in [2.24, 2.45) is 0 Å². The molecule has 4 aromatic rings. The molecule has 2 fully saturated rings. The first-order chi connectivity index (χ1) is 17.8. The van der Waals surface area contributed by atoms with Crippen LogP contribution < -0.4 is 9.64 Å². The molecule has 2 aromatic carbocycles. The maximum absolute atomic E-state index is 6.50. The lowest BCUT2D eigenvalue weighted by atomic mass is 10.0. The van der Waals surface area contributed by atoms with Crippen molar-refractivity contribution in [2.75, 3.05) is 37.5 Å². The van der Waals surface area contributed by atoms with E-state index >= 15 is 0 Å². The summed E-state index contributed by atoms with van der Waals surface area (Å²) in [6.07, 6.45) is 9.89. The third-order valence-corrected chi connectivity index (χ3v) is 7.88. The van der Waals surface area contributed by atoms with E-state index in [0.29, 0.717) is 12.6 Å². The quantitative estimate of drug-likeness (QED) is 0.325. The molecule has 0 radical (unpaired) electrons. The van der Waals surface area contributed by atoms with Gasteiger partial charge in [-0.15, -0.1) is 0 Å². The van der Waals surface area contributed by atoms with Gasteiger partial charge >= 0.3 is 0 Å². The predicted molar refractivity (Wildman–Crippen MR) is 144 cm³/mol. The van der Waals surface area contributed by atoms with Crippen LogP contribution in [0.2, 0.25) is 0 Å². The molecule has 2 aliphatic rings. The molecule has 0 spiro atoms. The molecule has 0 saturated carbocycles. The van der Waals surface area contributed by atoms with E-state index in [1.807, 2.05) is 6.26 Å². The van der Waals surface area contributed by atoms with Crippen molar-refractivity contribution in [3.05, 3.63) is 54.6 Å². The lowest BCUT2D eigenvalue weighted by Crippen LogP contribution is -2.35. The van der Waals surface area contributed by atoms with Crippen LogP contribution >= 0.6 is 12.0 Å². The molecule has 0 unspecified atom stereocenters. The minimum atomic E-state index is 0.250. The van der Waals surface area contributed by atoms with Crippen LogP contribution in [0.15, 0.2) is 49.1 Å². The van der Waals surface area contributed by atoms with Gasteiger partial charge in [0.05, 0.1) is 19.0 Å². The molecule has 8 nitrogen and oxygen atoms in total. The number of aromatic amines is 1. The monoisotopic (exact) mass is 504 g/mol. The second kappa shape index (κ2) is 10.6. The summed E-state index contributed by atoms with van der Waals surface area (Å²) >= 11 is 1.46. The zero-order valence-corrected chi connectivity index (χ0v) is 21.4. The fourth-order valence-electron chi connectivity index (χ4n) is 5.69. The van der Waals surface area contributed by atoms with E-state index < -0.39 is 0 Å². The zero-order chi connectivity index (χ0) is 24.3. The number of nitrogens with one attached hydrogen (secondary N) is 1. The Labute approximate surface area is 215 Å². The average molecular weight is 505 g/mol. The Balaban J connectivity index is 1.20. The lowest BCUT2D eigenvalue weighted by molar-refractivity contribution is 0.183. The van der Waals surface area contributed by atoms with Gasteiger partial charge in [0, 0.05) is 30.8 Å². The molecular formula is C27H32N6O2S. The average Bonchev–Trinajstić information content (AvgIpc) is 3.68. The van der Waals surface area contributed by atoms with Crippen molar-refractivity contribution < 1.29 is 8.92 Å². The summed E-state index contributed by atoms with van der Waals surface area (Å²) in [7, 11) is 0. The van der Waals surface area contributed by atoms with Crippen molar-refractivity contribution in [1.29, 1.82) is 0 Å². The summed E-state index contributed by atoms with van der Waals surface area (Å²) < 4.78 is 12.2. The van der Waals surface area contributed by atoms with Gasteiger partial charge in [-0.1, -0.05) is 30.3 Å². The number of anilines is 1. The number of ether oxygens (including phenoxy) is 1. The second-order valence-electron chi connectivity index (χ2n) is 9.58. The minimum absolute atomic E-state index is 0.250. The van der Waals surface area contributed by atoms with Crippen LogP contribution in [0.1, 0.15) is 31.2 Å². The maximum atomic E-state index is 6.50. The number of benzene rings is 2. The molecule has 1 N–H and O–H groups in total. The van der Waals surface area contributed by atoms with E-state index in [0.717, 1.165) is 61.8 Å². The van der Waals surface area contributed by atoms with Crippen LogP contribution in [0, 0.1) is 0 Å². The number of hydrogen-bond donors (Lipinski definition) is 1. The Morgan fingerprint density at radius 2 is 1.83 bits per heavy atom. The highest BCUT2D eigenvalue weighted by Gasteiger charge is 2.29. The Morgan fingerprint density at radius 3 is 2.75 bits per heavy atom. The lowest BCUT2D eigenvalue weighted by Gasteiger charge is -2.26. The highest BCUT2D eigenvalue weighted by Crippen LogP contribution is 2.33. The molecule has 6 rings (SSSR count). The molecule has 0 aliphatic carbocycles. The van der Waals surface area contributed by atoms with Crippen molar-refractivity contribution >= 4 is 39.8 Å². The molecule has 4 heterocycles. The highest BCUT2D eigenvalue weighted by molar-refractivity contribution is 7.93. The van der Waals surface area contributed by atoms with E-state index in [4.69, 9.17) is 8.92 Å². The summed E-state index contributed by atoms with van der Waals surface area (Å²) in [4.78, 5) is 21.3. The molecular weight excluding hydrogens is 472 g/mol. The van der Waals surface area contributed by atoms with Gasteiger partial charge in [-0.25, -0.2) is 15.0 Å². The summed E-state index contributed by atoms with van der Waals surface area (Å²) in [5, 5.41) is 2.44. The number of nitrogens with zero attached hydrogens (tertiary/aromatic N) is 5. The third kappa shape index (κ3) is 4.63. The van der Waals surface area contributed by atoms with Gasteiger partial charge in [0.25, 0.3) is 0 Å². The van der Waals surface area contributed by atoms with E-state index in [1.54, 1.807) is 12.7 Å². The van der Waals surface area contributed by atoms with Crippen LogP contribution in [0.4, 0.5) is 5.82 Å². The van der Waals surface area contributed by atoms with Gasteiger partial charge in [-0.3, -0.25) is 4.90 Å². The Morgan fingerprint density at radius 1 is 0.972 bits per heavy atom. The number of rotatable bonds is 9. The Bertz CT molecular complexity index is 1330. The zero-order valence-electron chi connectivity index (χ0n) is 20.6. The molecule has 36 heavy (non-hydrogen) atoms. The van der Waals surface area contributed by atoms with Crippen LogP contribution in [-0.4, -0.2) is 69.5 Å². The fourth-order valence-corrected chi connectivity index (χ4v) is 5.98. The van der Waals surface area contributed by atoms with Gasteiger partial charge in [-0.05, 0) is 61.3 Å². The van der Waals surface area contributed by atoms with Crippen molar-refractivity contribution in [3.8, 4) is 5.75 Å². The normalized spacial score (nSPS) is 20.6. The second-order valence-corrected chi connectivity index (χ2v) is 10.2. The standard InChI is InChI=1S/C27H32N6O2S/c1-36-35-16-20-6-4-12-32(20)14-19-10-11-24(23-9-3-2-8-22(19)23)34-15-21-7-5-13-33(21)27-25-26(29-17-28-25)30-18-31-27/h2-3,8-11,17-18,20-21H,4-7,12-16H2,1H3,(H,28,29,30,31)/t20-,21-/m1/s1. The number of hydrogen-bond acceptors (Lipinski definition) is 8. The molecule has 0 amide bonds. The largest absolute Gasteiger partial charge is 0.491 e. The smallest absolute Gasteiger partial charge is 0.162 e. The summed E-state index contributed by atoms with van der Waals surface area (Å²) in [6, 6.07) is 13.7. The first kappa shape index (κ1) is 23.5. The van der Waals surface area contributed by atoms with E-state index in [2.05, 4.69) is 66.1 Å². The Kier molecular flexibility index (Phi) is 6.94. The maximum Gasteiger partial charge on any atom is 0.162 e. The topological polar surface area (TPSA) is 79.4 Å². The van der Waals surface area contributed by atoms with E-state index in [9.17, 15) is 0 Å². The highest BCUT2D eigenvalue weighted by atomic mass is 32.2. The molecule has 9 heteroatoms. The van der Waals surface area contributed by atoms with Gasteiger partial charge < -0.3 is 18.8 Å². The summed E-state index contributed by atoms with van der Waals surface area (Å²) in [5.74, 6) is 1.83. The first-order valence-electron chi connectivity index (χ1n) is 12.8. The number of H-pyrrole nitrogens is 1. The predicted octanol–water partition coefficient (Wildman–Crippen LogP) is 4.81. The summed E-state index contributed by atoms with van der Waals surface area (Å²) in [5.41, 5.74) is 2.94. The van der Waals surface area contributed by atoms with Gasteiger partial charge in [0.2, 0.25) is 0 Å².